The van der Waals surface area contributed by atoms with E-state index in [4.69, 9.17) is 74.4 Å². The fourth-order valence-corrected chi connectivity index (χ4v) is 0.588. The largest absolute Gasteiger partial charge is 0.515 e. The predicted molar refractivity (Wildman–Crippen MR) is 61.1 cm³/mol. The molecule has 0 aromatic rings. The second-order valence-electron chi connectivity index (χ2n) is 1.53. The van der Waals surface area contributed by atoms with Gasteiger partial charge in [0.2, 0.25) is 0 Å². The van der Waals surface area contributed by atoms with Crippen LogP contribution in [0.15, 0.2) is 0 Å². The molecule has 0 rings (SSSR count). The van der Waals surface area contributed by atoms with Crippen LogP contribution < -0.4 is 0 Å². The molecule has 0 heterocycles. The second-order valence-corrected chi connectivity index (χ2v) is 6.06. The first-order chi connectivity index (χ1) is 7.02. The molecular weight excluding hydrogens is 376 g/mol. The second kappa shape index (κ2) is 8.80. The van der Waals surface area contributed by atoms with E-state index in [0.717, 1.165) is 0 Å². The van der Waals surface area contributed by atoms with Gasteiger partial charge in [-0.2, -0.15) is 0 Å². The predicted octanol–water partition coefficient (Wildman–Crippen LogP) is 4.11. The van der Waals surface area contributed by atoms with Crippen LogP contribution in [-0.2, 0) is 18.6 Å². The fourth-order valence-electron chi connectivity index (χ4n) is 0.210. The Hall–Kier alpha value is 0.770. The van der Waals surface area contributed by atoms with Crippen LogP contribution in [0, 0.1) is 0 Å². The topological polar surface area (TPSA) is 61.8 Å². The van der Waals surface area contributed by atoms with Crippen molar-refractivity contribution in [3.05, 3.63) is 0 Å². The van der Waals surface area contributed by atoms with Crippen LogP contribution in [0.3, 0.4) is 0 Å². The molecule has 0 unspecified atom stereocenters. The van der Waals surface area contributed by atoms with E-state index >= 15 is 0 Å². The maximum absolute atomic E-state index is 10.5. The van der Waals surface area contributed by atoms with Crippen LogP contribution in [0.2, 0.25) is 0 Å². The summed E-state index contributed by atoms with van der Waals surface area (Å²) in [5, 5.41) is 0. The van der Waals surface area contributed by atoms with Crippen LogP contribution >= 0.6 is 81.5 Å². The summed E-state index contributed by atoms with van der Waals surface area (Å²) in [4.78, 5) is 19.3. The molecule has 0 atom stereocenters. The molecule has 96 valence electrons. The van der Waals surface area contributed by atoms with Crippen LogP contribution in [0.4, 0.5) is 4.79 Å². The highest BCUT2D eigenvalue weighted by Gasteiger charge is 2.32. The van der Waals surface area contributed by atoms with Gasteiger partial charge in [-0.3, -0.25) is 4.79 Å². The molecule has 0 amide bonds. The standard InChI is InChI=1S/C3Cl6O3.CHClO2/c4-2(5,6)11-1(10)12-3(7,8)9;2-4-1-3/h;1H. The fraction of sp³-hybridized carbons (Fsp3) is 0.500. The summed E-state index contributed by atoms with van der Waals surface area (Å²) in [5.41, 5.74) is 0. The monoisotopic (exact) mass is 374 g/mol. The Morgan fingerprint density at radius 3 is 1.31 bits per heavy atom. The summed E-state index contributed by atoms with van der Waals surface area (Å²) in [6.07, 6.45) is -1.41. The van der Waals surface area contributed by atoms with E-state index in [1.165, 1.54) is 0 Å². The van der Waals surface area contributed by atoms with Crippen molar-refractivity contribution in [2.75, 3.05) is 0 Å². The van der Waals surface area contributed by atoms with Crippen molar-refractivity contribution >= 4 is 94.1 Å². The zero-order valence-corrected chi connectivity index (χ0v) is 12.1. The minimum absolute atomic E-state index is 0.140. The highest BCUT2D eigenvalue weighted by atomic mass is 35.6. The molecule has 0 aromatic heterocycles. The number of halogens is 7. The Morgan fingerprint density at radius 1 is 0.938 bits per heavy atom. The minimum Gasteiger partial charge on any atom is -0.382 e. The third kappa shape index (κ3) is 20.2. The SMILES string of the molecule is O=C(OC(Cl)(Cl)Cl)OC(Cl)(Cl)Cl.O=COCl. The third-order valence-corrected chi connectivity index (χ3v) is 0.970. The molecular formula is C4HCl7O5. The highest BCUT2D eigenvalue weighted by Crippen LogP contribution is 2.32. The molecule has 0 saturated carbocycles. The van der Waals surface area contributed by atoms with Crippen molar-refractivity contribution in [1.82, 2.24) is 0 Å². The first-order valence-corrected chi connectivity index (χ1v) is 5.36. The maximum atomic E-state index is 10.5. The van der Waals surface area contributed by atoms with Crippen molar-refractivity contribution in [3.8, 4) is 0 Å². The van der Waals surface area contributed by atoms with Crippen LogP contribution in [0.25, 0.3) is 0 Å². The van der Waals surface area contributed by atoms with E-state index in [1.807, 2.05) is 0 Å². The number of ether oxygens (including phenoxy) is 2. The summed E-state index contributed by atoms with van der Waals surface area (Å²) < 4.78 is 6.84. The van der Waals surface area contributed by atoms with Gasteiger partial charge in [0.1, 0.15) is 11.9 Å². The van der Waals surface area contributed by atoms with E-state index in [-0.39, 0.29) is 6.47 Å². The maximum Gasteiger partial charge on any atom is 0.515 e. The Balaban J connectivity index is 0. The molecule has 0 aliphatic carbocycles. The van der Waals surface area contributed by atoms with Gasteiger partial charge < -0.3 is 13.8 Å². The summed E-state index contributed by atoms with van der Waals surface area (Å²) in [5.74, 6) is 0. The van der Waals surface area contributed by atoms with Gasteiger partial charge in [-0.15, -0.1) is 0 Å². The number of hydrogen-bond donors (Lipinski definition) is 0. The first kappa shape index (κ1) is 19.1. The Kier molecular flexibility index (Phi) is 10.5. The molecule has 0 saturated heterocycles. The third-order valence-electron chi connectivity index (χ3n) is 0.434. The molecule has 0 N–H and O–H groups in total. The van der Waals surface area contributed by atoms with Crippen LogP contribution in [0.1, 0.15) is 0 Å². The average Bonchev–Trinajstić information content (AvgIpc) is 1.97. The molecule has 5 nitrogen and oxygen atoms in total. The molecule has 0 fully saturated rings. The number of alkyl halides is 6. The molecule has 0 spiro atoms. The van der Waals surface area contributed by atoms with Crippen molar-refractivity contribution in [2.24, 2.45) is 0 Å². The molecule has 12 heteroatoms. The van der Waals surface area contributed by atoms with Gasteiger partial charge in [-0.05, 0) is 69.6 Å². The van der Waals surface area contributed by atoms with Gasteiger partial charge in [0.25, 0.3) is 0 Å². The van der Waals surface area contributed by atoms with Gasteiger partial charge >= 0.3 is 20.6 Å². The Bertz CT molecular complexity index is 202. The summed E-state index contributed by atoms with van der Waals surface area (Å²) in [6.45, 7) is 0.140. The van der Waals surface area contributed by atoms with E-state index in [2.05, 4.69) is 25.6 Å². The normalized spacial score (nSPS) is 10.7. The van der Waals surface area contributed by atoms with Crippen molar-refractivity contribution in [2.45, 2.75) is 7.96 Å². The van der Waals surface area contributed by atoms with E-state index in [9.17, 15) is 4.79 Å². The molecule has 0 aliphatic rings. The number of rotatable bonds is 1. The zero-order valence-electron chi connectivity index (χ0n) is 6.76. The Labute approximate surface area is 125 Å². The smallest absolute Gasteiger partial charge is 0.382 e. The molecule has 0 radical (unpaired) electrons. The van der Waals surface area contributed by atoms with Crippen molar-refractivity contribution in [1.29, 1.82) is 0 Å². The molecule has 16 heavy (non-hydrogen) atoms. The lowest BCUT2D eigenvalue weighted by Gasteiger charge is -2.15. The summed E-state index contributed by atoms with van der Waals surface area (Å²) >= 11 is 34.5. The highest BCUT2D eigenvalue weighted by molar-refractivity contribution is 6.67. The number of carbonyl (C=O) groups excluding carboxylic acids is 2. The van der Waals surface area contributed by atoms with Gasteiger partial charge in [-0.1, -0.05) is 0 Å². The van der Waals surface area contributed by atoms with E-state index in [1.54, 1.807) is 0 Å². The summed E-state index contributed by atoms with van der Waals surface area (Å²) in [6, 6.07) is 0. The average molecular weight is 377 g/mol. The van der Waals surface area contributed by atoms with Crippen LogP contribution in [0.5, 0.6) is 0 Å². The lowest BCUT2D eigenvalue weighted by Crippen LogP contribution is -2.22. The Morgan fingerprint density at radius 2 is 1.19 bits per heavy atom. The number of carbonyl (C=O) groups is 2. The number of hydrogen-bond acceptors (Lipinski definition) is 5. The molecule has 0 aromatic carbocycles. The van der Waals surface area contributed by atoms with Gasteiger partial charge in [0.15, 0.2) is 0 Å². The van der Waals surface area contributed by atoms with Crippen LogP contribution in [-0.4, -0.2) is 20.6 Å². The van der Waals surface area contributed by atoms with E-state index < -0.39 is 14.1 Å². The lowest BCUT2D eigenvalue weighted by atomic mass is 11.3. The first-order valence-electron chi connectivity index (χ1n) is 2.78. The van der Waals surface area contributed by atoms with Gasteiger partial charge in [0.05, 0.1) is 0 Å². The molecule has 0 bridgehead atoms. The minimum atomic E-state index is -2.24. The molecule has 0 aliphatic heterocycles. The zero-order chi connectivity index (χ0) is 13.4. The quantitative estimate of drug-likeness (QED) is 0.391. The van der Waals surface area contributed by atoms with Crippen molar-refractivity contribution < 1.29 is 23.4 Å². The van der Waals surface area contributed by atoms with Gasteiger partial charge in [0, 0.05) is 0 Å². The summed E-state index contributed by atoms with van der Waals surface area (Å²) in [7, 11) is 0. The van der Waals surface area contributed by atoms with Gasteiger partial charge in [-0.25, -0.2) is 4.79 Å². The van der Waals surface area contributed by atoms with Crippen molar-refractivity contribution in [3.63, 3.8) is 0 Å². The lowest BCUT2D eigenvalue weighted by molar-refractivity contribution is -0.120. The van der Waals surface area contributed by atoms with E-state index in [0.29, 0.717) is 0 Å².